The van der Waals surface area contributed by atoms with Crippen molar-refractivity contribution in [3.05, 3.63) is 15.6 Å². The lowest BCUT2D eigenvalue weighted by molar-refractivity contribution is 0.214. The Balaban J connectivity index is 2.55. The van der Waals surface area contributed by atoms with Crippen LogP contribution in [0.15, 0.2) is 0 Å². The van der Waals surface area contributed by atoms with Crippen LogP contribution in [0.1, 0.15) is 42.3 Å². The third-order valence-corrected chi connectivity index (χ3v) is 4.26. The number of hydrogen-bond acceptors (Lipinski definition) is 4. The van der Waals surface area contributed by atoms with Crippen molar-refractivity contribution in [2.45, 2.75) is 52.6 Å². The predicted octanol–water partition coefficient (Wildman–Crippen LogP) is 2.40. The molecule has 0 fully saturated rings. The van der Waals surface area contributed by atoms with Crippen molar-refractivity contribution in [3.63, 3.8) is 0 Å². The van der Waals surface area contributed by atoms with E-state index in [1.54, 1.807) is 11.3 Å². The van der Waals surface area contributed by atoms with E-state index in [0.29, 0.717) is 0 Å². The van der Waals surface area contributed by atoms with Crippen molar-refractivity contribution in [3.8, 4) is 0 Å². The number of aliphatic hydroxyl groups is 1. The molecule has 0 aliphatic heterocycles. The molecule has 0 spiro atoms. The van der Waals surface area contributed by atoms with Crippen LogP contribution in [0, 0.1) is 13.8 Å². The summed E-state index contributed by atoms with van der Waals surface area (Å²) in [7, 11) is 0. The van der Waals surface area contributed by atoms with Crippen molar-refractivity contribution in [1.82, 2.24) is 10.3 Å². The van der Waals surface area contributed by atoms with E-state index in [0.717, 1.165) is 30.1 Å². The van der Waals surface area contributed by atoms with Crippen LogP contribution in [-0.2, 0) is 6.54 Å². The number of rotatable bonds is 6. The van der Waals surface area contributed by atoms with Gasteiger partial charge in [-0.3, -0.25) is 0 Å². The van der Waals surface area contributed by atoms with Crippen molar-refractivity contribution < 1.29 is 5.11 Å². The van der Waals surface area contributed by atoms with Crippen LogP contribution in [0.3, 0.4) is 0 Å². The third kappa shape index (κ3) is 3.54. The normalized spacial score (nSPS) is 15.1. The van der Waals surface area contributed by atoms with Gasteiger partial charge in [0.15, 0.2) is 0 Å². The first-order chi connectivity index (χ1) is 7.50. The fourth-order valence-electron chi connectivity index (χ4n) is 1.54. The lowest BCUT2D eigenvalue weighted by atomic mass is 9.95. The zero-order valence-corrected chi connectivity index (χ0v) is 11.4. The Labute approximate surface area is 102 Å². The second kappa shape index (κ2) is 5.75. The maximum atomic E-state index is 9.03. The Morgan fingerprint density at radius 1 is 1.44 bits per heavy atom. The van der Waals surface area contributed by atoms with Gasteiger partial charge >= 0.3 is 0 Å². The molecule has 0 bridgehead atoms. The molecule has 1 rings (SSSR count). The zero-order chi connectivity index (χ0) is 12.2. The van der Waals surface area contributed by atoms with E-state index in [1.165, 1.54) is 4.88 Å². The van der Waals surface area contributed by atoms with Crippen molar-refractivity contribution in [2.75, 3.05) is 6.61 Å². The summed E-state index contributed by atoms with van der Waals surface area (Å²) in [4.78, 5) is 5.79. The van der Waals surface area contributed by atoms with Crippen LogP contribution in [0.4, 0.5) is 0 Å². The minimum Gasteiger partial charge on any atom is -0.396 e. The van der Waals surface area contributed by atoms with E-state index in [1.807, 2.05) is 6.92 Å². The zero-order valence-electron chi connectivity index (χ0n) is 10.6. The average molecular weight is 242 g/mol. The molecule has 0 amide bonds. The van der Waals surface area contributed by atoms with Gasteiger partial charge in [-0.15, -0.1) is 11.3 Å². The van der Waals surface area contributed by atoms with E-state index in [9.17, 15) is 0 Å². The average Bonchev–Trinajstić information content (AvgIpc) is 2.56. The van der Waals surface area contributed by atoms with Crippen LogP contribution >= 0.6 is 11.3 Å². The summed E-state index contributed by atoms with van der Waals surface area (Å²) in [5.74, 6) is 0. The van der Waals surface area contributed by atoms with Gasteiger partial charge in [-0.05, 0) is 33.6 Å². The van der Waals surface area contributed by atoms with Gasteiger partial charge < -0.3 is 10.4 Å². The summed E-state index contributed by atoms with van der Waals surface area (Å²) in [6, 6.07) is 0. The van der Waals surface area contributed by atoms with Gasteiger partial charge in [0.05, 0.1) is 5.69 Å². The Morgan fingerprint density at radius 2 is 2.12 bits per heavy atom. The first kappa shape index (κ1) is 13.6. The minimum atomic E-state index is 0.0161. The second-order valence-electron chi connectivity index (χ2n) is 4.49. The molecule has 1 aromatic heterocycles. The number of aliphatic hydroxyl groups excluding tert-OH is 1. The van der Waals surface area contributed by atoms with E-state index in [-0.39, 0.29) is 12.1 Å². The molecule has 1 aromatic rings. The minimum absolute atomic E-state index is 0.0161. The molecule has 0 radical (unpaired) electrons. The van der Waals surface area contributed by atoms with Crippen LogP contribution in [0.25, 0.3) is 0 Å². The molecule has 0 saturated heterocycles. The maximum Gasteiger partial charge on any atom is 0.107 e. The highest BCUT2D eigenvalue weighted by Gasteiger charge is 2.20. The molecule has 3 nitrogen and oxygen atoms in total. The SMILES string of the molecule is CCC(C)(CCO)NCc1nc(C)c(C)s1. The smallest absolute Gasteiger partial charge is 0.107 e. The Kier molecular flexibility index (Phi) is 4.89. The second-order valence-corrected chi connectivity index (χ2v) is 5.78. The van der Waals surface area contributed by atoms with E-state index >= 15 is 0 Å². The van der Waals surface area contributed by atoms with E-state index in [4.69, 9.17) is 5.11 Å². The molecule has 2 N–H and O–H groups in total. The first-order valence-electron chi connectivity index (χ1n) is 5.79. The number of nitrogens with zero attached hydrogens (tertiary/aromatic N) is 1. The fourth-order valence-corrected chi connectivity index (χ4v) is 2.41. The summed E-state index contributed by atoms with van der Waals surface area (Å²) in [5.41, 5.74) is 1.14. The van der Waals surface area contributed by atoms with Crippen LogP contribution in [0.2, 0.25) is 0 Å². The summed E-state index contributed by atoms with van der Waals surface area (Å²) >= 11 is 1.75. The maximum absolute atomic E-state index is 9.03. The van der Waals surface area contributed by atoms with Gasteiger partial charge in [-0.1, -0.05) is 6.92 Å². The number of thiazole rings is 1. The molecule has 0 saturated carbocycles. The van der Waals surface area contributed by atoms with Gasteiger partial charge in [0, 0.05) is 23.6 Å². The third-order valence-electron chi connectivity index (χ3n) is 3.18. The van der Waals surface area contributed by atoms with Gasteiger partial charge in [-0.25, -0.2) is 4.98 Å². The van der Waals surface area contributed by atoms with Crippen LogP contribution in [0.5, 0.6) is 0 Å². The highest BCUT2D eigenvalue weighted by molar-refractivity contribution is 7.11. The highest BCUT2D eigenvalue weighted by atomic mass is 32.1. The largest absolute Gasteiger partial charge is 0.396 e. The molecule has 0 aromatic carbocycles. The predicted molar refractivity (Wildman–Crippen MR) is 68.8 cm³/mol. The lowest BCUT2D eigenvalue weighted by Crippen LogP contribution is -2.42. The standard InChI is InChI=1S/C12H22N2OS/c1-5-12(4,6-7-15)13-8-11-14-9(2)10(3)16-11/h13,15H,5-8H2,1-4H3. The van der Waals surface area contributed by atoms with Gasteiger partial charge in [0.2, 0.25) is 0 Å². The van der Waals surface area contributed by atoms with Crippen molar-refractivity contribution in [2.24, 2.45) is 0 Å². The monoisotopic (exact) mass is 242 g/mol. The Morgan fingerprint density at radius 3 is 2.56 bits per heavy atom. The number of nitrogens with one attached hydrogen (secondary N) is 1. The molecule has 16 heavy (non-hydrogen) atoms. The van der Waals surface area contributed by atoms with E-state index in [2.05, 4.69) is 31.1 Å². The summed E-state index contributed by atoms with van der Waals surface area (Å²) in [5, 5.41) is 13.6. The van der Waals surface area contributed by atoms with Crippen LogP contribution in [-0.4, -0.2) is 22.2 Å². The molecule has 4 heteroatoms. The van der Waals surface area contributed by atoms with Gasteiger partial charge in [0.1, 0.15) is 5.01 Å². The number of aryl methyl sites for hydroxylation is 2. The quantitative estimate of drug-likeness (QED) is 0.805. The highest BCUT2D eigenvalue weighted by Crippen LogP contribution is 2.19. The lowest BCUT2D eigenvalue weighted by Gasteiger charge is -2.28. The Bertz CT molecular complexity index is 318. The number of hydrogen-bond donors (Lipinski definition) is 2. The van der Waals surface area contributed by atoms with Crippen molar-refractivity contribution >= 4 is 11.3 Å². The van der Waals surface area contributed by atoms with Crippen LogP contribution < -0.4 is 5.32 Å². The molecule has 0 aliphatic rings. The molecular weight excluding hydrogens is 220 g/mol. The summed E-state index contributed by atoms with van der Waals surface area (Å²) in [6.07, 6.45) is 1.80. The van der Waals surface area contributed by atoms with Gasteiger partial charge in [-0.2, -0.15) is 0 Å². The van der Waals surface area contributed by atoms with E-state index < -0.39 is 0 Å². The molecule has 1 heterocycles. The molecule has 1 atom stereocenters. The molecule has 92 valence electrons. The molecule has 1 unspecified atom stereocenters. The topological polar surface area (TPSA) is 45.1 Å². The fraction of sp³-hybridized carbons (Fsp3) is 0.750. The summed E-state index contributed by atoms with van der Waals surface area (Å²) in [6.45, 7) is 9.46. The molecular formula is C12H22N2OS. The van der Waals surface area contributed by atoms with Gasteiger partial charge in [0.25, 0.3) is 0 Å². The molecule has 0 aliphatic carbocycles. The summed E-state index contributed by atoms with van der Waals surface area (Å²) < 4.78 is 0. The number of aromatic nitrogens is 1. The van der Waals surface area contributed by atoms with Crippen molar-refractivity contribution in [1.29, 1.82) is 0 Å². The first-order valence-corrected chi connectivity index (χ1v) is 6.61. The Hall–Kier alpha value is -0.450.